The van der Waals surface area contributed by atoms with Gasteiger partial charge in [-0.3, -0.25) is 0 Å². The molecule has 2 N–H and O–H groups in total. The standard InChI is InChI=1S/C8H10NOP/c9-7-1-3-8(4-2-7)11-5-10-6-11/h1-4H,5-6,9H2. The quantitative estimate of drug-likeness (QED) is 0.505. The lowest BCUT2D eigenvalue weighted by Crippen LogP contribution is -2.17. The number of hydrogen-bond acceptors (Lipinski definition) is 2. The summed E-state index contributed by atoms with van der Waals surface area (Å²) in [5.41, 5.74) is 6.40. The molecule has 1 heterocycles. The minimum Gasteiger partial charge on any atom is -0.399 e. The molecular weight excluding hydrogens is 157 g/mol. The Morgan fingerprint density at radius 3 is 2.27 bits per heavy atom. The average Bonchev–Trinajstić information content (AvgIpc) is 1.90. The topological polar surface area (TPSA) is 35.2 Å². The number of nitrogen functional groups attached to an aromatic ring is 1. The Balaban J connectivity index is 2.18. The van der Waals surface area contributed by atoms with Crippen LogP contribution in [-0.4, -0.2) is 12.7 Å². The van der Waals surface area contributed by atoms with E-state index in [0.717, 1.165) is 18.4 Å². The summed E-state index contributed by atoms with van der Waals surface area (Å²) < 4.78 is 5.12. The number of ether oxygens (including phenoxy) is 1. The van der Waals surface area contributed by atoms with E-state index in [-0.39, 0.29) is 7.92 Å². The fourth-order valence-corrected chi connectivity index (χ4v) is 2.25. The largest absolute Gasteiger partial charge is 0.399 e. The summed E-state index contributed by atoms with van der Waals surface area (Å²) in [6.45, 7) is 0. The highest BCUT2D eigenvalue weighted by atomic mass is 31.1. The Bertz CT molecular complexity index is 243. The molecule has 1 aromatic rings. The van der Waals surface area contributed by atoms with Crippen LogP contribution in [0.4, 0.5) is 5.69 Å². The summed E-state index contributed by atoms with van der Waals surface area (Å²) >= 11 is 0. The maximum Gasteiger partial charge on any atom is 0.0728 e. The maximum absolute atomic E-state index is 5.56. The SMILES string of the molecule is Nc1ccc(P2COC2)cc1. The van der Waals surface area contributed by atoms with Gasteiger partial charge in [0.1, 0.15) is 0 Å². The summed E-state index contributed by atoms with van der Waals surface area (Å²) in [6, 6.07) is 8.11. The summed E-state index contributed by atoms with van der Waals surface area (Å²) in [6.07, 6.45) is 1.86. The van der Waals surface area contributed by atoms with Gasteiger partial charge in [-0.15, -0.1) is 0 Å². The van der Waals surface area contributed by atoms with Crippen molar-refractivity contribution in [1.29, 1.82) is 0 Å². The van der Waals surface area contributed by atoms with Gasteiger partial charge in [0, 0.05) is 5.69 Å². The predicted molar refractivity (Wildman–Crippen MR) is 48.2 cm³/mol. The van der Waals surface area contributed by atoms with E-state index >= 15 is 0 Å². The second kappa shape index (κ2) is 2.80. The van der Waals surface area contributed by atoms with Crippen molar-refractivity contribution in [3.05, 3.63) is 24.3 Å². The molecule has 0 aliphatic carbocycles. The van der Waals surface area contributed by atoms with Gasteiger partial charge in [-0.2, -0.15) is 0 Å². The molecule has 0 bridgehead atoms. The molecule has 1 aliphatic heterocycles. The van der Waals surface area contributed by atoms with Crippen molar-refractivity contribution in [1.82, 2.24) is 0 Å². The van der Waals surface area contributed by atoms with Gasteiger partial charge in [0.15, 0.2) is 0 Å². The zero-order valence-electron chi connectivity index (χ0n) is 6.16. The molecule has 0 aromatic heterocycles. The van der Waals surface area contributed by atoms with Gasteiger partial charge in [0.25, 0.3) is 0 Å². The van der Waals surface area contributed by atoms with E-state index in [9.17, 15) is 0 Å². The van der Waals surface area contributed by atoms with Gasteiger partial charge in [-0.25, -0.2) is 0 Å². The first-order valence-electron chi connectivity index (χ1n) is 3.54. The average molecular weight is 167 g/mol. The maximum atomic E-state index is 5.56. The first-order chi connectivity index (χ1) is 5.36. The van der Waals surface area contributed by atoms with Gasteiger partial charge in [0.05, 0.1) is 12.7 Å². The Hall–Kier alpha value is -0.590. The zero-order valence-corrected chi connectivity index (χ0v) is 7.05. The highest BCUT2D eigenvalue weighted by molar-refractivity contribution is 7.66. The minimum absolute atomic E-state index is 0.0169. The lowest BCUT2D eigenvalue weighted by Gasteiger charge is -2.26. The number of nitrogens with two attached hydrogens (primary N) is 1. The van der Waals surface area contributed by atoms with Gasteiger partial charge in [-0.1, -0.05) is 12.1 Å². The second-order valence-electron chi connectivity index (χ2n) is 2.59. The van der Waals surface area contributed by atoms with E-state index in [4.69, 9.17) is 10.5 Å². The first-order valence-corrected chi connectivity index (χ1v) is 5.26. The van der Waals surface area contributed by atoms with Crippen LogP contribution in [0.1, 0.15) is 0 Å². The summed E-state index contributed by atoms with van der Waals surface area (Å²) in [4.78, 5) is 0. The number of benzene rings is 1. The van der Waals surface area contributed by atoms with Crippen LogP contribution in [-0.2, 0) is 4.74 Å². The highest BCUT2D eigenvalue weighted by Crippen LogP contribution is 2.42. The molecule has 0 amide bonds. The van der Waals surface area contributed by atoms with E-state index in [1.165, 1.54) is 5.30 Å². The van der Waals surface area contributed by atoms with Gasteiger partial charge in [-0.05, 0) is 25.4 Å². The van der Waals surface area contributed by atoms with E-state index < -0.39 is 0 Å². The van der Waals surface area contributed by atoms with Crippen LogP contribution in [0.15, 0.2) is 24.3 Å². The fraction of sp³-hybridized carbons (Fsp3) is 0.250. The molecule has 1 aromatic carbocycles. The Kier molecular flexibility index (Phi) is 1.80. The fourth-order valence-electron chi connectivity index (χ4n) is 1.02. The van der Waals surface area contributed by atoms with E-state index in [0.29, 0.717) is 0 Å². The smallest absolute Gasteiger partial charge is 0.0728 e. The predicted octanol–water partition coefficient (Wildman–Crippen LogP) is 1.32. The molecule has 11 heavy (non-hydrogen) atoms. The van der Waals surface area contributed by atoms with Crippen molar-refractivity contribution in [3.63, 3.8) is 0 Å². The van der Waals surface area contributed by atoms with E-state index in [1.54, 1.807) is 0 Å². The molecule has 2 rings (SSSR count). The third kappa shape index (κ3) is 1.37. The van der Waals surface area contributed by atoms with Crippen molar-refractivity contribution in [2.45, 2.75) is 0 Å². The number of rotatable bonds is 1. The molecule has 0 saturated carbocycles. The van der Waals surface area contributed by atoms with E-state index in [2.05, 4.69) is 12.1 Å². The molecule has 1 saturated heterocycles. The lowest BCUT2D eigenvalue weighted by atomic mass is 10.3. The lowest BCUT2D eigenvalue weighted by molar-refractivity contribution is 0.195. The van der Waals surface area contributed by atoms with Crippen molar-refractivity contribution in [3.8, 4) is 0 Å². The number of anilines is 1. The van der Waals surface area contributed by atoms with Crippen LogP contribution in [0, 0.1) is 0 Å². The van der Waals surface area contributed by atoms with Crippen LogP contribution in [0.3, 0.4) is 0 Å². The third-order valence-electron chi connectivity index (χ3n) is 1.75. The Labute approximate surface area is 67.1 Å². The van der Waals surface area contributed by atoms with Crippen molar-refractivity contribution in [2.24, 2.45) is 0 Å². The van der Waals surface area contributed by atoms with Crippen LogP contribution >= 0.6 is 7.92 Å². The molecule has 0 atom stereocenters. The van der Waals surface area contributed by atoms with Gasteiger partial charge in [0.2, 0.25) is 0 Å². The zero-order chi connectivity index (χ0) is 7.68. The van der Waals surface area contributed by atoms with E-state index in [1.807, 2.05) is 12.1 Å². The molecule has 0 unspecified atom stereocenters. The first kappa shape index (κ1) is 7.08. The molecular formula is C8H10NOP. The third-order valence-corrected chi connectivity index (χ3v) is 3.77. The van der Waals surface area contributed by atoms with Gasteiger partial charge < -0.3 is 10.5 Å². The Morgan fingerprint density at radius 1 is 1.18 bits per heavy atom. The summed E-state index contributed by atoms with van der Waals surface area (Å²) in [5.74, 6) is 0. The summed E-state index contributed by atoms with van der Waals surface area (Å²) in [7, 11) is 0.0169. The van der Waals surface area contributed by atoms with Crippen LogP contribution in [0.25, 0.3) is 0 Å². The molecule has 1 aliphatic rings. The van der Waals surface area contributed by atoms with Crippen molar-refractivity contribution >= 4 is 18.9 Å². The van der Waals surface area contributed by atoms with Crippen molar-refractivity contribution in [2.75, 3.05) is 18.4 Å². The number of hydrogen-bond donors (Lipinski definition) is 1. The van der Waals surface area contributed by atoms with Crippen LogP contribution in [0.5, 0.6) is 0 Å². The second-order valence-corrected chi connectivity index (χ2v) is 4.71. The molecule has 0 spiro atoms. The Morgan fingerprint density at radius 2 is 1.82 bits per heavy atom. The molecule has 3 heteroatoms. The molecule has 0 radical (unpaired) electrons. The molecule has 1 fully saturated rings. The molecule has 58 valence electrons. The molecule has 2 nitrogen and oxygen atoms in total. The van der Waals surface area contributed by atoms with Gasteiger partial charge >= 0.3 is 0 Å². The monoisotopic (exact) mass is 167 g/mol. The van der Waals surface area contributed by atoms with Crippen LogP contribution < -0.4 is 11.0 Å². The van der Waals surface area contributed by atoms with Crippen molar-refractivity contribution < 1.29 is 4.74 Å². The summed E-state index contributed by atoms with van der Waals surface area (Å²) in [5, 5.41) is 1.40. The van der Waals surface area contributed by atoms with Crippen LogP contribution in [0.2, 0.25) is 0 Å². The normalized spacial score (nSPS) is 17.8. The minimum atomic E-state index is 0.0169. The highest BCUT2D eigenvalue weighted by Gasteiger charge is 2.18.